The van der Waals surface area contributed by atoms with Crippen LogP contribution in [-0.4, -0.2) is 56.9 Å². The van der Waals surface area contributed by atoms with Crippen LogP contribution in [0.25, 0.3) is 0 Å². The second-order valence-corrected chi connectivity index (χ2v) is 4.95. The molecule has 0 aliphatic heterocycles. The number of benzene rings is 1. The van der Waals surface area contributed by atoms with Crippen molar-refractivity contribution in [1.82, 2.24) is 9.80 Å². The monoisotopic (exact) mass is 394 g/mol. The standard InChI is InChI=1S/C14H22N2O.2BrH/c1-15(2)10-13(11-16(3)4)14(17)12-8-6-5-7-9-12;;/h5-9,13H,10-11H2,1-4H3;2*1H. The molecule has 0 amide bonds. The fourth-order valence-corrected chi connectivity index (χ4v) is 1.94. The van der Waals surface area contributed by atoms with Gasteiger partial charge in [0.25, 0.3) is 0 Å². The maximum absolute atomic E-state index is 12.4. The van der Waals surface area contributed by atoms with Gasteiger partial charge < -0.3 is 9.80 Å². The predicted octanol–water partition coefficient (Wildman–Crippen LogP) is 2.76. The maximum Gasteiger partial charge on any atom is 0.168 e. The van der Waals surface area contributed by atoms with E-state index in [2.05, 4.69) is 9.80 Å². The lowest BCUT2D eigenvalue weighted by molar-refractivity contribution is 0.0871. The van der Waals surface area contributed by atoms with Crippen LogP contribution in [0.1, 0.15) is 10.4 Å². The van der Waals surface area contributed by atoms with Gasteiger partial charge in [-0.3, -0.25) is 4.79 Å². The lowest BCUT2D eigenvalue weighted by Gasteiger charge is -2.23. The summed E-state index contributed by atoms with van der Waals surface area (Å²) in [6, 6.07) is 9.54. The first-order valence-electron chi connectivity index (χ1n) is 5.89. The van der Waals surface area contributed by atoms with Gasteiger partial charge in [0.15, 0.2) is 5.78 Å². The van der Waals surface area contributed by atoms with Crippen LogP contribution in [0.2, 0.25) is 0 Å². The van der Waals surface area contributed by atoms with Crippen LogP contribution in [0.3, 0.4) is 0 Å². The quantitative estimate of drug-likeness (QED) is 0.692. The highest BCUT2D eigenvalue weighted by Gasteiger charge is 2.21. The minimum Gasteiger partial charge on any atom is -0.309 e. The second kappa shape index (κ2) is 10.5. The van der Waals surface area contributed by atoms with Gasteiger partial charge in [-0.25, -0.2) is 0 Å². The predicted molar refractivity (Wildman–Crippen MR) is 92.0 cm³/mol. The molecular formula is C14H24Br2N2O. The number of Topliss-reactive ketones (excluding diaryl/α,β-unsaturated/α-hetero) is 1. The SMILES string of the molecule is Br.Br.CN(C)CC(CN(C)C)C(=O)c1ccccc1. The van der Waals surface area contributed by atoms with Crippen molar-refractivity contribution in [3.05, 3.63) is 35.9 Å². The normalized spacial score (nSPS) is 10.3. The van der Waals surface area contributed by atoms with Gasteiger partial charge in [-0.1, -0.05) is 30.3 Å². The van der Waals surface area contributed by atoms with Crippen LogP contribution in [-0.2, 0) is 0 Å². The molecule has 3 nitrogen and oxygen atoms in total. The van der Waals surface area contributed by atoms with Crippen LogP contribution in [0.5, 0.6) is 0 Å². The lowest BCUT2D eigenvalue weighted by atomic mass is 9.97. The zero-order valence-electron chi connectivity index (χ0n) is 12.0. The van der Waals surface area contributed by atoms with Crippen LogP contribution < -0.4 is 0 Å². The Labute approximate surface area is 137 Å². The van der Waals surface area contributed by atoms with Crippen LogP contribution in [0.4, 0.5) is 0 Å². The van der Waals surface area contributed by atoms with E-state index in [9.17, 15) is 4.79 Å². The third kappa shape index (κ3) is 7.82. The Morgan fingerprint density at radius 1 is 0.947 bits per heavy atom. The Kier molecular flexibility index (Phi) is 11.7. The maximum atomic E-state index is 12.4. The Morgan fingerprint density at radius 3 is 1.74 bits per heavy atom. The van der Waals surface area contributed by atoms with Crippen molar-refractivity contribution in [1.29, 1.82) is 0 Å². The van der Waals surface area contributed by atoms with E-state index in [1.165, 1.54) is 0 Å². The smallest absolute Gasteiger partial charge is 0.168 e. The van der Waals surface area contributed by atoms with Crippen molar-refractivity contribution < 1.29 is 4.79 Å². The summed E-state index contributed by atoms with van der Waals surface area (Å²) in [7, 11) is 8.00. The molecule has 1 aromatic carbocycles. The first-order valence-corrected chi connectivity index (χ1v) is 5.89. The summed E-state index contributed by atoms with van der Waals surface area (Å²) >= 11 is 0. The molecule has 19 heavy (non-hydrogen) atoms. The van der Waals surface area contributed by atoms with Crippen molar-refractivity contribution >= 4 is 39.7 Å². The molecule has 5 heteroatoms. The number of hydrogen-bond donors (Lipinski definition) is 0. The Bertz CT molecular complexity index is 346. The van der Waals surface area contributed by atoms with Gasteiger partial charge in [-0.15, -0.1) is 34.0 Å². The molecule has 1 rings (SSSR count). The van der Waals surface area contributed by atoms with Crippen molar-refractivity contribution in [3.8, 4) is 0 Å². The molecule has 0 saturated carbocycles. The fourth-order valence-electron chi connectivity index (χ4n) is 1.94. The molecule has 0 atom stereocenters. The lowest BCUT2D eigenvalue weighted by Crippen LogP contribution is -2.35. The van der Waals surface area contributed by atoms with E-state index in [1.54, 1.807) is 0 Å². The van der Waals surface area contributed by atoms with Crippen molar-refractivity contribution in [2.24, 2.45) is 5.92 Å². The number of ketones is 1. The van der Waals surface area contributed by atoms with E-state index in [0.29, 0.717) is 0 Å². The Hall–Kier alpha value is -0.230. The highest BCUT2D eigenvalue weighted by atomic mass is 79.9. The van der Waals surface area contributed by atoms with Crippen molar-refractivity contribution in [3.63, 3.8) is 0 Å². The van der Waals surface area contributed by atoms with E-state index in [1.807, 2.05) is 58.5 Å². The largest absolute Gasteiger partial charge is 0.309 e. The van der Waals surface area contributed by atoms with E-state index < -0.39 is 0 Å². The molecule has 0 unspecified atom stereocenters. The minimum absolute atomic E-state index is 0. The van der Waals surface area contributed by atoms with Crippen molar-refractivity contribution in [2.75, 3.05) is 41.3 Å². The summed E-state index contributed by atoms with van der Waals surface area (Å²) in [5.74, 6) is 0.260. The van der Waals surface area contributed by atoms with Gasteiger partial charge in [-0.05, 0) is 28.2 Å². The molecule has 0 N–H and O–H groups in total. The highest BCUT2D eigenvalue weighted by molar-refractivity contribution is 8.93. The van der Waals surface area contributed by atoms with Crippen molar-refractivity contribution in [2.45, 2.75) is 0 Å². The molecule has 0 bridgehead atoms. The summed E-state index contributed by atoms with van der Waals surface area (Å²) < 4.78 is 0. The first-order chi connectivity index (χ1) is 8.00. The Balaban J connectivity index is 0. The average Bonchev–Trinajstić information content (AvgIpc) is 2.27. The van der Waals surface area contributed by atoms with Crippen LogP contribution in [0, 0.1) is 5.92 Å². The molecule has 0 aliphatic rings. The van der Waals surface area contributed by atoms with E-state index in [0.717, 1.165) is 18.7 Å². The zero-order valence-corrected chi connectivity index (χ0v) is 15.4. The van der Waals surface area contributed by atoms with Gasteiger partial charge in [0.2, 0.25) is 0 Å². The summed E-state index contributed by atoms with van der Waals surface area (Å²) in [5.41, 5.74) is 0.807. The van der Waals surface area contributed by atoms with E-state index in [-0.39, 0.29) is 45.7 Å². The number of rotatable bonds is 6. The number of nitrogens with zero attached hydrogens (tertiary/aromatic N) is 2. The summed E-state index contributed by atoms with van der Waals surface area (Å²) in [6.45, 7) is 1.57. The molecule has 0 heterocycles. The highest BCUT2D eigenvalue weighted by Crippen LogP contribution is 2.11. The molecule has 0 saturated heterocycles. The second-order valence-electron chi connectivity index (χ2n) is 4.95. The van der Waals surface area contributed by atoms with Gasteiger partial charge in [-0.2, -0.15) is 0 Å². The van der Waals surface area contributed by atoms with Gasteiger partial charge in [0.05, 0.1) is 0 Å². The van der Waals surface area contributed by atoms with Gasteiger partial charge >= 0.3 is 0 Å². The molecule has 1 aromatic rings. The zero-order chi connectivity index (χ0) is 12.8. The van der Waals surface area contributed by atoms with Gasteiger partial charge in [0.1, 0.15) is 0 Å². The number of carbonyl (C=O) groups excluding carboxylic acids is 1. The number of carbonyl (C=O) groups is 1. The van der Waals surface area contributed by atoms with Crippen LogP contribution >= 0.6 is 34.0 Å². The molecule has 110 valence electrons. The molecule has 0 aliphatic carbocycles. The topological polar surface area (TPSA) is 23.6 Å². The van der Waals surface area contributed by atoms with Crippen LogP contribution in [0.15, 0.2) is 30.3 Å². The average molecular weight is 396 g/mol. The molecule has 0 spiro atoms. The van der Waals surface area contributed by atoms with Gasteiger partial charge in [0, 0.05) is 24.6 Å². The molecule has 0 aromatic heterocycles. The molecule has 0 radical (unpaired) electrons. The molecular weight excluding hydrogens is 372 g/mol. The van der Waals surface area contributed by atoms with E-state index in [4.69, 9.17) is 0 Å². The first kappa shape index (κ1) is 21.1. The summed E-state index contributed by atoms with van der Waals surface area (Å²) in [4.78, 5) is 16.5. The minimum atomic E-state index is 0. The fraction of sp³-hybridized carbons (Fsp3) is 0.500. The summed E-state index contributed by atoms with van der Waals surface area (Å²) in [6.07, 6.45) is 0. The Morgan fingerprint density at radius 2 is 1.37 bits per heavy atom. The summed E-state index contributed by atoms with van der Waals surface area (Å²) in [5, 5.41) is 0. The number of hydrogen-bond acceptors (Lipinski definition) is 3. The van der Waals surface area contributed by atoms with E-state index >= 15 is 0 Å². The molecule has 0 fully saturated rings. The third-order valence-electron chi connectivity index (χ3n) is 2.60. The number of halogens is 2. The third-order valence-corrected chi connectivity index (χ3v) is 2.60.